The van der Waals surface area contributed by atoms with E-state index in [1.807, 2.05) is 0 Å². The Labute approximate surface area is 51.4 Å². The maximum atomic E-state index is 4.80. The van der Waals surface area contributed by atoms with Gasteiger partial charge in [0, 0.05) is 0 Å². The summed E-state index contributed by atoms with van der Waals surface area (Å²) in [6.07, 6.45) is 1.13. The first-order chi connectivity index (χ1) is 3.71. The van der Waals surface area contributed by atoms with E-state index < -0.39 is 0 Å². The van der Waals surface area contributed by atoms with Gasteiger partial charge in [0.15, 0.2) is 0 Å². The molecule has 1 rings (SSSR count). The topological polar surface area (TPSA) is 18.5 Å². The van der Waals surface area contributed by atoms with Crippen molar-refractivity contribution in [3.8, 4) is 0 Å². The average Bonchev–Trinajstić information content (AvgIpc) is 1.65. The highest BCUT2D eigenvalue weighted by atomic mass is 31.1. The number of hydrogen-bond donors (Lipinski definition) is 0. The second-order valence-electron chi connectivity index (χ2n) is 2.83. The van der Waals surface area contributed by atoms with Gasteiger partial charge in [-0.2, -0.15) is 0 Å². The standard InChI is InChI=1S/C5H11O2P/c1-5(2)3-6-7-8-4-5/h8H,3-4H2,1-2H3. The van der Waals surface area contributed by atoms with Crippen LogP contribution >= 0.6 is 8.81 Å². The minimum absolute atomic E-state index is 0.344. The van der Waals surface area contributed by atoms with Crippen LogP contribution in [0.15, 0.2) is 0 Å². The lowest BCUT2D eigenvalue weighted by Crippen LogP contribution is -2.24. The fourth-order valence-corrected chi connectivity index (χ4v) is 1.20. The van der Waals surface area contributed by atoms with Crippen molar-refractivity contribution in [3.05, 3.63) is 0 Å². The molecule has 0 aromatic rings. The molecule has 0 aromatic heterocycles. The summed E-state index contributed by atoms with van der Waals surface area (Å²) in [4.78, 5) is 4.80. The van der Waals surface area contributed by atoms with E-state index >= 15 is 0 Å². The second-order valence-corrected chi connectivity index (χ2v) is 3.64. The summed E-state index contributed by atoms with van der Waals surface area (Å²) in [5, 5.41) is 0. The Hall–Kier alpha value is 0.350. The van der Waals surface area contributed by atoms with Gasteiger partial charge in [-0.25, -0.2) is 9.56 Å². The summed E-state index contributed by atoms with van der Waals surface area (Å²) in [7, 11) is 0.531. The maximum absolute atomic E-state index is 4.80. The molecule has 0 aliphatic carbocycles. The van der Waals surface area contributed by atoms with Crippen molar-refractivity contribution in [1.29, 1.82) is 0 Å². The first kappa shape index (κ1) is 6.47. The van der Waals surface area contributed by atoms with Crippen LogP contribution in [0, 0.1) is 5.41 Å². The quantitative estimate of drug-likeness (QED) is 0.370. The third kappa shape index (κ3) is 1.70. The van der Waals surface area contributed by atoms with Gasteiger partial charge >= 0.3 is 0 Å². The van der Waals surface area contributed by atoms with Gasteiger partial charge in [0.05, 0.1) is 15.4 Å². The predicted molar refractivity (Wildman–Crippen MR) is 34.0 cm³/mol. The zero-order valence-corrected chi connectivity index (χ0v) is 6.23. The summed E-state index contributed by atoms with van der Waals surface area (Å²) < 4.78 is 4.73. The van der Waals surface area contributed by atoms with Gasteiger partial charge in [-0.1, -0.05) is 13.8 Å². The molecule has 0 radical (unpaired) electrons. The molecule has 48 valence electrons. The molecule has 1 fully saturated rings. The highest BCUT2D eigenvalue weighted by molar-refractivity contribution is 7.32. The van der Waals surface area contributed by atoms with E-state index in [-0.39, 0.29) is 0 Å². The summed E-state index contributed by atoms with van der Waals surface area (Å²) in [6, 6.07) is 0. The highest BCUT2D eigenvalue weighted by Gasteiger charge is 2.22. The van der Waals surface area contributed by atoms with Crippen LogP contribution in [-0.2, 0) is 9.56 Å². The molecule has 1 aliphatic rings. The maximum Gasteiger partial charge on any atom is 0.0880 e. The minimum atomic E-state index is 0.344. The minimum Gasteiger partial charge on any atom is -0.233 e. The Bertz CT molecular complexity index is 74.5. The number of rotatable bonds is 0. The van der Waals surface area contributed by atoms with E-state index in [0.717, 1.165) is 12.8 Å². The third-order valence-corrected chi connectivity index (χ3v) is 2.46. The molecule has 3 heteroatoms. The Morgan fingerprint density at radius 1 is 1.50 bits per heavy atom. The van der Waals surface area contributed by atoms with Crippen molar-refractivity contribution in [2.75, 3.05) is 12.8 Å². The smallest absolute Gasteiger partial charge is 0.0880 e. The van der Waals surface area contributed by atoms with E-state index in [1.54, 1.807) is 0 Å². The lowest BCUT2D eigenvalue weighted by atomic mass is 9.98. The molecule has 1 heterocycles. The zero-order chi connectivity index (χ0) is 6.04. The van der Waals surface area contributed by atoms with E-state index in [4.69, 9.17) is 9.56 Å². The van der Waals surface area contributed by atoms with Crippen LogP contribution in [0.3, 0.4) is 0 Å². The molecule has 1 saturated heterocycles. The van der Waals surface area contributed by atoms with Crippen molar-refractivity contribution < 1.29 is 9.56 Å². The molecular formula is C5H11O2P. The Balaban J connectivity index is 2.33. The Morgan fingerprint density at radius 2 is 2.25 bits per heavy atom. The SMILES string of the molecule is CC1(C)COOPC1. The van der Waals surface area contributed by atoms with Crippen LogP contribution in [0.5, 0.6) is 0 Å². The van der Waals surface area contributed by atoms with Crippen LogP contribution in [0.1, 0.15) is 13.8 Å². The first-order valence-corrected chi connectivity index (χ1v) is 3.84. The van der Waals surface area contributed by atoms with E-state index in [9.17, 15) is 0 Å². The third-order valence-electron chi connectivity index (χ3n) is 1.12. The average molecular weight is 134 g/mol. The molecule has 1 unspecified atom stereocenters. The summed E-state index contributed by atoms with van der Waals surface area (Å²) >= 11 is 0. The van der Waals surface area contributed by atoms with Crippen molar-refractivity contribution in [1.82, 2.24) is 0 Å². The molecule has 1 atom stereocenters. The Kier molecular flexibility index (Phi) is 1.86. The van der Waals surface area contributed by atoms with E-state index in [0.29, 0.717) is 14.2 Å². The van der Waals surface area contributed by atoms with Gasteiger partial charge in [0.1, 0.15) is 0 Å². The van der Waals surface area contributed by atoms with Crippen molar-refractivity contribution in [2.24, 2.45) is 5.41 Å². The normalized spacial score (nSPS) is 30.8. The molecule has 0 N–H and O–H groups in total. The fraction of sp³-hybridized carbons (Fsp3) is 1.00. The molecule has 8 heavy (non-hydrogen) atoms. The van der Waals surface area contributed by atoms with E-state index in [2.05, 4.69) is 13.8 Å². The van der Waals surface area contributed by atoms with Gasteiger partial charge in [-0.05, 0) is 11.6 Å². The van der Waals surface area contributed by atoms with Crippen LogP contribution in [0.2, 0.25) is 0 Å². The molecule has 2 nitrogen and oxygen atoms in total. The largest absolute Gasteiger partial charge is 0.233 e. The van der Waals surface area contributed by atoms with E-state index in [1.165, 1.54) is 0 Å². The van der Waals surface area contributed by atoms with Crippen LogP contribution in [0.4, 0.5) is 0 Å². The van der Waals surface area contributed by atoms with Crippen LogP contribution in [-0.4, -0.2) is 12.8 Å². The monoisotopic (exact) mass is 134 g/mol. The van der Waals surface area contributed by atoms with Gasteiger partial charge in [-0.15, -0.1) is 0 Å². The van der Waals surface area contributed by atoms with Crippen LogP contribution in [0.25, 0.3) is 0 Å². The molecule has 0 spiro atoms. The molecule has 1 aliphatic heterocycles. The Morgan fingerprint density at radius 3 is 2.50 bits per heavy atom. The summed E-state index contributed by atoms with van der Waals surface area (Å²) in [5.41, 5.74) is 0.344. The zero-order valence-electron chi connectivity index (χ0n) is 5.23. The second kappa shape index (κ2) is 2.30. The molecule has 0 amide bonds. The molecule has 0 aromatic carbocycles. The highest BCUT2D eigenvalue weighted by Crippen LogP contribution is 2.32. The van der Waals surface area contributed by atoms with Gasteiger partial charge in [-0.3, -0.25) is 0 Å². The van der Waals surface area contributed by atoms with Gasteiger partial charge in [0.2, 0.25) is 0 Å². The first-order valence-electron chi connectivity index (χ1n) is 2.72. The lowest BCUT2D eigenvalue weighted by molar-refractivity contribution is -0.225. The summed E-state index contributed by atoms with van der Waals surface area (Å²) in [5.74, 6) is 0. The van der Waals surface area contributed by atoms with Gasteiger partial charge < -0.3 is 0 Å². The van der Waals surface area contributed by atoms with Gasteiger partial charge in [0.25, 0.3) is 0 Å². The number of hydrogen-bond acceptors (Lipinski definition) is 2. The molecular weight excluding hydrogens is 123 g/mol. The van der Waals surface area contributed by atoms with Crippen molar-refractivity contribution in [3.63, 3.8) is 0 Å². The predicted octanol–water partition coefficient (Wildman–Crippen LogP) is 1.57. The molecule has 0 bridgehead atoms. The fourth-order valence-electron chi connectivity index (χ4n) is 0.507. The lowest BCUT2D eigenvalue weighted by Gasteiger charge is -2.27. The molecule has 0 saturated carbocycles. The summed E-state index contributed by atoms with van der Waals surface area (Å²) in [6.45, 7) is 5.10. The van der Waals surface area contributed by atoms with Crippen molar-refractivity contribution in [2.45, 2.75) is 13.8 Å². The van der Waals surface area contributed by atoms with Crippen LogP contribution < -0.4 is 0 Å². The van der Waals surface area contributed by atoms with Crippen molar-refractivity contribution >= 4 is 8.81 Å².